The zero-order chi connectivity index (χ0) is 12.4. The molecule has 17 heavy (non-hydrogen) atoms. The Balaban J connectivity index is 2.13. The van der Waals surface area contributed by atoms with E-state index in [1.807, 2.05) is 0 Å². The maximum Gasteiger partial charge on any atom is 0.265 e. The highest BCUT2D eigenvalue weighted by Crippen LogP contribution is 2.34. The molecule has 0 heterocycles. The number of nitrogens with two attached hydrogens (primary N) is 1. The number of benzene rings is 1. The molecular weight excluding hydrogens is 222 g/mol. The van der Waals surface area contributed by atoms with E-state index in [0.29, 0.717) is 17.3 Å². The van der Waals surface area contributed by atoms with Gasteiger partial charge in [-0.1, -0.05) is 6.42 Å². The summed E-state index contributed by atoms with van der Waals surface area (Å²) in [6.45, 7) is 2.05. The molecule has 0 saturated heterocycles. The maximum absolute atomic E-state index is 12.9. The molecule has 0 bridgehead atoms. The molecule has 4 heteroatoms. The van der Waals surface area contributed by atoms with Crippen molar-refractivity contribution < 1.29 is 8.78 Å². The molecule has 1 aromatic carbocycles. The van der Waals surface area contributed by atoms with Gasteiger partial charge in [-0.25, -0.2) is 8.78 Å². The molecule has 0 aliphatic heterocycles. The highest BCUT2D eigenvalue weighted by atomic mass is 19.3. The molecule has 0 spiro atoms. The lowest BCUT2D eigenvalue weighted by Crippen LogP contribution is -2.31. The van der Waals surface area contributed by atoms with Crippen LogP contribution < -0.4 is 11.1 Å². The molecule has 1 atom stereocenters. The predicted molar refractivity (Wildman–Crippen MR) is 66.2 cm³/mol. The first-order valence-electron chi connectivity index (χ1n) is 6.02. The van der Waals surface area contributed by atoms with Crippen molar-refractivity contribution in [2.75, 3.05) is 11.1 Å². The van der Waals surface area contributed by atoms with Crippen LogP contribution in [0.4, 0.5) is 20.2 Å². The fourth-order valence-electron chi connectivity index (χ4n) is 2.20. The molecule has 0 radical (unpaired) electrons. The van der Waals surface area contributed by atoms with Crippen molar-refractivity contribution in [1.29, 1.82) is 0 Å². The topological polar surface area (TPSA) is 38.0 Å². The Kier molecular flexibility index (Phi) is 3.50. The van der Waals surface area contributed by atoms with Crippen LogP contribution in [-0.2, 0) is 0 Å². The van der Waals surface area contributed by atoms with Crippen molar-refractivity contribution in [3.63, 3.8) is 0 Å². The lowest BCUT2D eigenvalue weighted by molar-refractivity contribution is 0.152. The number of nitrogens with one attached hydrogen (secondary N) is 1. The fourth-order valence-corrected chi connectivity index (χ4v) is 2.20. The van der Waals surface area contributed by atoms with Gasteiger partial charge in [0.25, 0.3) is 6.43 Å². The van der Waals surface area contributed by atoms with Gasteiger partial charge in [-0.3, -0.25) is 0 Å². The van der Waals surface area contributed by atoms with E-state index in [1.54, 1.807) is 12.1 Å². The lowest BCUT2D eigenvalue weighted by atomic mass is 9.80. The Morgan fingerprint density at radius 3 is 2.59 bits per heavy atom. The number of nitrogen functional groups attached to an aromatic ring is 1. The average molecular weight is 240 g/mol. The molecule has 94 valence electrons. The smallest absolute Gasteiger partial charge is 0.265 e. The predicted octanol–water partition coefficient (Wildman–Crippen LogP) is 3.81. The molecule has 1 aromatic rings. The van der Waals surface area contributed by atoms with Gasteiger partial charge in [0, 0.05) is 23.0 Å². The zero-order valence-electron chi connectivity index (χ0n) is 9.92. The summed E-state index contributed by atoms with van der Waals surface area (Å²) in [5.41, 5.74) is 6.41. The second-order valence-electron chi connectivity index (χ2n) is 4.77. The minimum Gasteiger partial charge on any atom is -0.399 e. The summed E-state index contributed by atoms with van der Waals surface area (Å²) in [5.74, 6) is 0.609. The maximum atomic E-state index is 12.9. The molecule has 1 fully saturated rings. The largest absolute Gasteiger partial charge is 0.399 e. The van der Waals surface area contributed by atoms with Gasteiger partial charge in [0.15, 0.2) is 0 Å². The summed E-state index contributed by atoms with van der Waals surface area (Å²) in [5, 5.41) is 3.19. The third-order valence-corrected chi connectivity index (χ3v) is 3.55. The fraction of sp³-hybridized carbons (Fsp3) is 0.538. The molecule has 0 amide bonds. The van der Waals surface area contributed by atoms with Crippen molar-refractivity contribution >= 4 is 11.4 Å². The highest BCUT2D eigenvalue weighted by molar-refractivity contribution is 5.59. The third kappa shape index (κ3) is 2.68. The molecular formula is C13H18F2N2. The highest BCUT2D eigenvalue weighted by Gasteiger charge is 2.25. The van der Waals surface area contributed by atoms with Gasteiger partial charge in [-0.2, -0.15) is 0 Å². The summed E-state index contributed by atoms with van der Waals surface area (Å²) >= 11 is 0. The summed E-state index contributed by atoms with van der Waals surface area (Å²) in [6.07, 6.45) is 1.13. The first kappa shape index (κ1) is 12.1. The Hall–Kier alpha value is -1.32. The van der Waals surface area contributed by atoms with E-state index in [1.165, 1.54) is 25.3 Å². The van der Waals surface area contributed by atoms with E-state index in [2.05, 4.69) is 12.2 Å². The Morgan fingerprint density at radius 1 is 1.35 bits per heavy atom. The van der Waals surface area contributed by atoms with Crippen LogP contribution in [0.15, 0.2) is 18.2 Å². The number of alkyl halides is 2. The molecule has 3 N–H and O–H groups in total. The number of hydrogen-bond acceptors (Lipinski definition) is 2. The standard InChI is InChI=1S/C13H18F2N2/c1-8(9-3-2-4-9)17-12-6-5-10(16)7-11(12)13(14)15/h5-9,13,17H,2-4,16H2,1H3. The molecule has 2 rings (SSSR count). The monoisotopic (exact) mass is 240 g/mol. The van der Waals surface area contributed by atoms with Crippen molar-refractivity contribution in [1.82, 2.24) is 0 Å². The van der Waals surface area contributed by atoms with Gasteiger partial charge in [0.05, 0.1) is 0 Å². The normalized spacial score (nSPS) is 17.9. The summed E-state index contributed by atoms with van der Waals surface area (Å²) in [6, 6.07) is 4.89. The Morgan fingerprint density at radius 2 is 2.06 bits per heavy atom. The quantitative estimate of drug-likeness (QED) is 0.785. The third-order valence-electron chi connectivity index (χ3n) is 3.55. The van der Waals surface area contributed by atoms with E-state index in [4.69, 9.17) is 5.73 Å². The molecule has 1 aliphatic carbocycles. The minimum absolute atomic E-state index is 0.00354. The van der Waals surface area contributed by atoms with E-state index in [-0.39, 0.29) is 11.6 Å². The second-order valence-corrected chi connectivity index (χ2v) is 4.77. The van der Waals surface area contributed by atoms with Crippen LogP contribution in [0.25, 0.3) is 0 Å². The van der Waals surface area contributed by atoms with E-state index < -0.39 is 6.43 Å². The molecule has 1 unspecified atom stereocenters. The minimum atomic E-state index is -2.49. The van der Waals surface area contributed by atoms with Crippen LogP contribution in [0.1, 0.15) is 38.2 Å². The molecule has 2 nitrogen and oxygen atoms in total. The van der Waals surface area contributed by atoms with Gasteiger partial charge >= 0.3 is 0 Å². The van der Waals surface area contributed by atoms with Gasteiger partial charge in [-0.05, 0) is 43.9 Å². The van der Waals surface area contributed by atoms with Crippen LogP contribution >= 0.6 is 0 Å². The van der Waals surface area contributed by atoms with Crippen molar-refractivity contribution in [3.8, 4) is 0 Å². The number of anilines is 2. The van der Waals surface area contributed by atoms with Crippen molar-refractivity contribution in [2.45, 2.75) is 38.7 Å². The van der Waals surface area contributed by atoms with Crippen molar-refractivity contribution in [3.05, 3.63) is 23.8 Å². The zero-order valence-corrected chi connectivity index (χ0v) is 9.92. The van der Waals surface area contributed by atoms with E-state index >= 15 is 0 Å². The van der Waals surface area contributed by atoms with E-state index in [9.17, 15) is 8.78 Å². The molecule has 1 saturated carbocycles. The molecule has 1 aliphatic rings. The summed E-state index contributed by atoms with van der Waals surface area (Å²) in [4.78, 5) is 0. The Labute approximate surface area is 100 Å². The van der Waals surface area contributed by atoms with Gasteiger partial charge in [0.1, 0.15) is 0 Å². The first-order valence-corrected chi connectivity index (χ1v) is 6.02. The van der Waals surface area contributed by atoms with Gasteiger partial charge in [-0.15, -0.1) is 0 Å². The first-order chi connectivity index (χ1) is 8.08. The van der Waals surface area contributed by atoms with E-state index in [0.717, 1.165) is 0 Å². The number of halogens is 2. The Bertz CT molecular complexity index is 389. The SMILES string of the molecule is CC(Nc1ccc(N)cc1C(F)F)C1CCC1. The van der Waals surface area contributed by atoms with Crippen molar-refractivity contribution in [2.24, 2.45) is 5.92 Å². The van der Waals surface area contributed by atoms with Gasteiger partial charge < -0.3 is 11.1 Å². The summed E-state index contributed by atoms with van der Waals surface area (Å²) < 4.78 is 25.7. The number of hydrogen-bond donors (Lipinski definition) is 2. The summed E-state index contributed by atoms with van der Waals surface area (Å²) in [7, 11) is 0. The number of rotatable bonds is 4. The van der Waals surface area contributed by atoms with Gasteiger partial charge in [0.2, 0.25) is 0 Å². The van der Waals surface area contributed by atoms with Crippen LogP contribution in [0.2, 0.25) is 0 Å². The second kappa shape index (κ2) is 4.90. The van der Waals surface area contributed by atoms with Crippen LogP contribution in [-0.4, -0.2) is 6.04 Å². The average Bonchev–Trinajstić information content (AvgIpc) is 2.17. The van der Waals surface area contributed by atoms with Crippen LogP contribution in [0.3, 0.4) is 0 Å². The lowest BCUT2D eigenvalue weighted by Gasteiger charge is -2.33. The van der Waals surface area contributed by atoms with Crippen LogP contribution in [0, 0.1) is 5.92 Å². The van der Waals surface area contributed by atoms with Crippen LogP contribution in [0.5, 0.6) is 0 Å². The molecule has 0 aromatic heterocycles.